The van der Waals surface area contributed by atoms with E-state index in [0.717, 1.165) is 5.69 Å². The molecular formula is C22H20NP. The van der Waals surface area contributed by atoms with Crippen molar-refractivity contribution in [2.45, 2.75) is 12.3 Å². The maximum Gasteiger partial charge on any atom is 0.0633 e. The van der Waals surface area contributed by atoms with E-state index in [2.05, 4.69) is 84.9 Å². The van der Waals surface area contributed by atoms with E-state index in [9.17, 15) is 0 Å². The van der Waals surface area contributed by atoms with Gasteiger partial charge in [-0.25, -0.2) is 0 Å². The molecule has 4 rings (SSSR count). The largest absolute Gasteiger partial charge is 0.252 e. The average Bonchev–Trinajstić information content (AvgIpc) is 3.07. The molecule has 0 bridgehead atoms. The van der Waals surface area contributed by atoms with Gasteiger partial charge in [0.05, 0.1) is 11.1 Å². The molecule has 1 nitrogen and oxygen atoms in total. The third-order valence-electron chi connectivity index (χ3n) is 4.50. The first kappa shape index (κ1) is 15.3. The van der Waals surface area contributed by atoms with Gasteiger partial charge in [0.2, 0.25) is 0 Å². The molecule has 1 aliphatic rings. The summed E-state index contributed by atoms with van der Waals surface area (Å²) >= 11 is 0. The van der Waals surface area contributed by atoms with Crippen LogP contribution in [-0.4, -0.2) is 11.6 Å². The van der Waals surface area contributed by atoms with Gasteiger partial charge in [-0.05, 0) is 43.5 Å². The molecule has 1 heterocycles. The minimum atomic E-state index is -0.340. The first-order valence-electron chi connectivity index (χ1n) is 8.43. The van der Waals surface area contributed by atoms with Crippen LogP contribution in [0.1, 0.15) is 17.9 Å². The number of benzene rings is 3. The average molecular weight is 329 g/mol. The van der Waals surface area contributed by atoms with Gasteiger partial charge in [0, 0.05) is 5.92 Å². The summed E-state index contributed by atoms with van der Waals surface area (Å²) in [6.07, 6.45) is 2.42. The van der Waals surface area contributed by atoms with Crippen molar-refractivity contribution >= 4 is 24.4 Å². The number of para-hydroxylation sites is 1. The predicted octanol–water partition coefficient (Wildman–Crippen LogP) is 5.71. The molecule has 0 spiro atoms. The van der Waals surface area contributed by atoms with Crippen LogP contribution in [0.15, 0.2) is 96.0 Å². The van der Waals surface area contributed by atoms with Crippen LogP contribution in [0.4, 0.5) is 5.69 Å². The molecule has 0 saturated carbocycles. The molecule has 1 saturated heterocycles. The molecular weight excluding hydrogens is 309 g/mol. The van der Waals surface area contributed by atoms with Crippen LogP contribution in [0.2, 0.25) is 0 Å². The molecule has 0 aromatic heterocycles. The first-order valence-corrected chi connectivity index (χ1v) is 9.96. The van der Waals surface area contributed by atoms with Gasteiger partial charge in [-0.1, -0.05) is 78.9 Å². The highest BCUT2D eigenvalue weighted by molar-refractivity contribution is 7.82. The topological polar surface area (TPSA) is 12.4 Å². The Kier molecular flexibility index (Phi) is 4.53. The van der Waals surface area contributed by atoms with Gasteiger partial charge in [-0.3, -0.25) is 4.99 Å². The third-order valence-corrected chi connectivity index (χ3v) is 7.09. The molecule has 2 atom stereocenters. The second-order valence-corrected chi connectivity index (χ2v) is 8.32. The van der Waals surface area contributed by atoms with Crippen LogP contribution in [-0.2, 0) is 0 Å². The van der Waals surface area contributed by atoms with Crippen LogP contribution in [0.5, 0.6) is 0 Å². The Morgan fingerprint density at radius 3 is 1.96 bits per heavy atom. The van der Waals surface area contributed by atoms with Gasteiger partial charge in [-0.15, -0.1) is 0 Å². The monoisotopic (exact) mass is 329 g/mol. The molecule has 2 heteroatoms. The van der Waals surface area contributed by atoms with E-state index in [0.29, 0.717) is 5.92 Å². The van der Waals surface area contributed by atoms with Crippen LogP contribution >= 0.6 is 7.92 Å². The third kappa shape index (κ3) is 3.18. The van der Waals surface area contributed by atoms with Crippen LogP contribution in [0.25, 0.3) is 0 Å². The standard InChI is InChI=1S/C22H20NP/c1-4-10-18(11-5-1)21-16-17-24(20-14-8-3-9-15-20)22(21)23-19-12-6-2-7-13-19/h1-15,21H,16-17H2. The van der Waals surface area contributed by atoms with Gasteiger partial charge in [0.15, 0.2) is 0 Å². The Morgan fingerprint density at radius 2 is 1.29 bits per heavy atom. The van der Waals surface area contributed by atoms with Gasteiger partial charge in [-0.2, -0.15) is 0 Å². The highest BCUT2D eigenvalue weighted by Crippen LogP contribution is 2.52. The summed E-state index contributed by atoms with van der Waals surface area (Å²) in [6, 6.07) is 32.2. The second-order valence-electron chi connectivity index (χ2n) is 6.04. The van der Waals surface area contributed by atoms with E-state index < -0.39 is 0 Å². The molecule has 0 amide bonds. The zero-order valence-electron chi connectivity index (χ0n) is 13.5. The number of nitrogens with zero attached hydrogens (tertiary/aromatic N) is 1. The van der Waals surface area contributed by atoms with Gasteiger partial charge < -0.3 is 0 Å². The lowest BCUT2D eigenvalue weighted by atomic mass is 9.98. The van der Waals surface area contributed by atoms with Crippen molar-refractivity contribution in [3.63, 3.8) is 0 Å². The van der Waals surface area contributed by atoms with Crippen LogP contribution < -0.4 is 5.30 Å². The van der Waals surface area contributed by atoms with Crippen molar-refractivity contribution < 1.29 is 0 Å². The Labute approximate surface area is 144 Å². The fraction of sp³-hybridized carbons (Fsp3) is 0.136. The summed E-state index contributed by atoms with van der Waals surface area (Å²) < 4.78 is 0. The maximum atomic E-state index is 5.12. The van der Waals surface area contributed by atoms with Crippen molar-refractivity contribution in [2.75, 3.05) is 6.16 Å². The normalized spacial score (nSPS) is 21.9. The van der Waals surface area contributed by atoms with E-state index in [1.807, 2.05) is 6.07 Å². The highest BCUT2D eigenvalue weighted by atomic mass is 31.1. The molecule has 3 aromatic rings. The smallest absolute Gasteiger partial charge is 0.0633 e. The molecule has 0 N–H and O–H groups in total. The summed E-state index contributed by atoms with van der Waals surface area (Å²) in [5.74, 6) is 0.442. The molecule has 2 unspecified atom stereocenters. The highest BCUT2D eigenvalue weighted by Gasteiger charge is 2.33. The summed E-state index contributed by atoms with van der Waals surface area (Å²) in [7, 11) is -0.340. The van der Waals surface area contributed by atoms with Crippen molar-refractivity contribution in [3.05, 3.63) is 96.6 Å². The van der Waals surface area contributed by atoms with E-state index in [4.69, 9.17) is 4.99 Å². The predicted molar refractivity (Wildman–Crippen MR) is 105 cm³/mol. The van der Waals surface area contributed by atoms with E-state index >= 15 is 0 Å². The number of aliphatic imine (C=N–C) groups is 1. The van der Waals surface area contributed by atoms with Gasteiger partial charge in [0.25, 0.3) is 0 Å². The zero-order valence-corrected chi connectivity index (χ0v) is 14.4. The fourth-order valence-corrected chi connectivity index (χ4v) is 6.02. The molecule has 0 aliphatic carbocycles. The Morgan fingerprint density at radius 1 is 0.708 bits per heavy atom. The van der Waals surface area contributed by atoms with Crippen molar-refractivity contribution in [1.82, 2.24) is 0 Å². The molecule has 1 fully saturated rings. The summed E-state index contributed by atoms with van der Waals surface area (Å²) in [5, 5.41) is 1.45. The number of hydrogen-bond acceptors (Lipinski definition) is 1. The lowest BCUT2D eigenvalue weighted by Gasteiger charge is -2.17. The van der Waals surface area contributed by atoms with Crippen LogP contribution in [0.3, 0.4) is 0 Å². The Balaban J connectivity index is 1.77. The Hall–Kier alpha value is -2.24. The minimum absolute atomic E-state index is 0.340. The summed E-state index contributed by atoms with van der Waals surface area (Å²) in [6.45, 7) is 0. The molecule has 118 valence electrons. The summed E-state index contributed by atoms with van der Waals surface area (Å²) in [4.78, 5) is 5.12. The van der Waals surface area contributed by atoms with Crippen molar-refractivity contribution in [1.29, 1.82) is 0 Å². The fourth-order valence-electron chi connectivity index (χ4n) is 3.33. The van der Waals surface area contributed by atoms with Crippen molar-refractivity contribution in [2.24, 2.45) is 4.99 Å². The number of hydrogen-bond donors (Lipinski definition) is 0. The number of rotatable bonds is 3. The van der Waals surface area contributed by atoms with Crippen molar-refractivity contribution in [3.8, 4) is 0 Å². The maximum absolute atomic E-state index is 5.12. The summed E-state index contributed by atoms with van der Waals surface area (Å²) in [5.41, 5.74) is 3.83. The van der Waals surface area contributed by atoms with E-state index in [-0.39, 0.29) is 7.92 Å². The molecule has 1 aliphatic heterocycles. The minimum Gasteiger partial charge on any atom is -0.252 e. The first-order chi connectivity index (χ1) is 11.9. The quantitative estimate of drug-likeness (QED) is 0.546. The SMILES string of the molecule is c1ccc(N=C2C(c3ccccc3)CCP2c2ccccc2)cc1. The molecule has 3 aromatic carbocycles. The van der Waals surface area contributed by atoms with E-state index in [1.54, 1.807) is 0 Å². The van der Waals surface area contributed by atoms with Gasteiger partial charge in [0.1, 0.15) is 0 Å². The van der Waals surface area contributed by atoms with Crippen LogP contribution in [0, 0.1) is 0 Å². The molecule has 24 heavy (non-hydrogen) atoms. The second kappa shape index (κ2) is 7.11. The lowest BCUT2D eigenvalue weighted by molar-refractivity contribution is 0.882. The zero-order chi connectivity index (χ0) is 16.2. The Bertz CT molecular complexity index is 763. The molecule has 0 radical (unpaired) electrons. The van der Waals surface area contributed by atoms with E-state index in [1.165, 1.54) is 28.9 Å². The lowest BCUT2D eigenvalue weighted by Crippen LogP contribution is -2.09. The van der Waals surface area contributed by atoms with Gasteiger partial charge >= 0.3 is 0 Å².